The van der Waals surface area contributed by atoms with Crippen LogP contribution in [0.15, 0.2) is 29.2 Å². The second-order valence-electron chi connectivity index (χ2n) is 10.2. The Morgan fingerprint density at radius 3 is 2.54 bits per heavy atom. The first-order chi connectivity index (χ1) is 19.9. The maximum Gasteiger partial charge on any atom is 0.299 e. The first kappa shape index (κ1) is 28.5. The summed E-state index contributed by atoms with van der Waals surface area (Å²) >= 11 is 0. The first-order valence-electron chi connectivity index (χ1n) is 14.0. The van der Waals surface area contributed by atoms with Crippen molar-refractivity contribution in [1.29, 1.82) is 0 Å². The fraction of sp³-hybridized carbons (Fsp3) is 0.500. The average Bonchev–Trinajstić information content (AvgIpc) is 3.44. The third-order valence-electron chi connectivity index (χ3n) is 7.75. The summed E-state index contributed by atoms with van der Waals surface area (Å²) in [4.78, 5) is 53.1. The van der Waals surface area contributed by atoms with Gasteiger partial charge in [0.2, 0.25) is 5.78 Å². The Morgan fingerprint density at radius 1 is 1.12 bits per heavy atom. The van der Waals surface area contributed by atoms with Crippen LogP contribution in [0.3, 0.4) is 0 Å². The first-order valence-corrected chi connectivity index (χ1v) is 14.0. The van der Waals surface area contributed by atoms with Gasteiger partial charge in [-0.05, 0) is 36.5 Å². The van der Waals surface area contributed by atoms with Crippen molar-refractivity contribution in [3.05, 3.63) is 57.5 Å². The number of piperazine rings is 1. The van der Waals surface area contributed by atoms with E-state index in [0.717, 1.165) is 17.4 Å². The third-order valence-corrected chi connectivity index (χ3v) is 7.75. The van der Waals surface area contributed by atoms with Crippen LogP contribution >= 0.6 is 0 Å². The smallest absolute Gasteiger partial charge is 0.299 e. The lowest BCUT2D eigenvalue weighted by Crippen LogP contribution is -2.51. The predicted octanol–water partition coefficient (Wildman–Crippen LogP) is 1.93. The molecule has 3 aromatic rings. The molecule has 0 aliphatic carbocycles. The largest absolute Gasteiger partial charge is 0.362 e. The minimum absolute atomic E-state index is 0.00276. The number of halogens is 2. The summed E-state index contributed by atoms with van der Waals surface area (Å²) in [6.07, 6.45) is 3.46. The molecule has 1 fully saturated rings. The lowest BCUT2D eigenvalue weighted by molar-refractivity contribution is -0.108. The maximum absolute atomic E-state index is 13.9. The van der Waals surface area contributed by atoms with Crippen molar-refractivity contribution < 1.29 is 18.4 Å². The van der Waals surface area contributed by atoms with E-state index < -0.39 is 6.43 Å². The van der Waals surface area contributed by atoms with Gasteiger partial charge in [0.05, 0.1) is 18.8 Å². The van der Waals surface area contributed by atoms with Crippen LogP contribution in [0.2, 0.25) is 0 Å². The third kappa shape index (κ3) is 5.63. The molecule has 0 atom stereocenters. The second-order valence-corrected chi connectivity index (χ2v) is 10.2. The van der Waals surface area contributed by atoms with Crippen LogP contribution in [0, 0.1) is 0 Å². The van der Waals surface area contributed by atoms with Gasteiger partial charge in [-0.2, -0.15) is 9.50 Å². The standard InChI is InChI=1S/C28H34F2N8O3/c1-3-19-6-5-9-31-23(19)26(40)36-14-12-35(13-15-36)24-21(4-2)37(16-17-39)28-32-25(33-38(28)27(24)41)20-7-10-34(11-8-20)18-22(29)30/h5-7,9,17,22H,3-4,8,10-16,18H2,1-2H3. The van der Waals surface area contributed by atoms with Crippen LogP contribution < -0.4 is 10.5 Å². The Hall–Kier alpha value is -4.00. The minimum Gasteiger partial charge on any atom is -0.362 e. The Labute approximate surface area is 236 Å². The molecule has 0 saturated carbocycles. The summed E-state index contributed by atoms with van der Waals surface area (Å²) < 4.78 is 28.5. The molecular weight excluding hydrogens is 534 g/mol. The van der Waals surface area contributed by atoms with Gasteiger partial charge in [0.1, 0.15) is 17.7 Å². The van der Waals surface area contributed by atoms with Crippen LogP contribution in [-0.2, 0) is 24.2 Å². The van der Waals surface area contributed by atoms with Crippen LogP contribution in [0.4, 0.5) is 14.5 Å². The van der Waals surface area contributed by atoms with Crippen LogP contribution in [0.25, 0.3) is 11.4 Å². The van der Waals surface area contributed by atoms with E-state index in [0.29, 0.717) is 81.4 Å². The van der Waals surface area contributed by atoms with E-state index in [4.69, 9.17) is 0 Å². The number of aldehydes is 1. The van der Waals surface area contributed by atoms with E-state index in [1.165, 1.54) is 4.52 Å². The van der Waals surface area contributed by atoms with E-state index in [1.807, 2.05) is 37.0 Å². The molecule has 41 heavy (non-hydrogen) atoms. The number of carbonyl (C=O) groups is 2. The number of fused-ring (bicyclic) bond motifs is 1. The van der Waals surface area contributed by atoms with Crippen molar-refractivity contribution in [2.24, 2.45) is 0 Å². The Balaban J connectivity index is 1.45. The number of amides is 1. The van der Waals surface area contributed by atoms with Gasteiger partial charge in [-0.15, -0.1) is 5.10 Å². The maximum atomic E-state index is 13.9. The number of hydrogen-bond donors (Lipinski definition) is 0. The number of aromatic nitrogens is 5. The predicted molar refractivity (Wildman–Crippen MR) is 149 cm³/mol. The van der Waals surface area contributed by atoms with Crippen LogP contribution in [0.1, 0.15) is 47.8 Å². The molecule has 0 N–H and O–H groups in total. The van der Waals surface area contributed by atoms with Gasteiger partial charge >= 0.3 is 0 Å². The Kier molecular flexibility index (Phi) is 8.52. The van der Waals surface area contributed by atoms with Gasteiger partial charge in [-0.25, -0.2) is 8.78 Å². The van der Waals surface area contributed by atoms with Gasteiger partial charge in [0, 0.05) is 45.5 Å². The number of anilines is 1. The summed E-state index contributed by atoms with van der Waals surface area (Å²) in [5.74, 6) is 0.500. The monoisotopic (exact) mass is 568 g/mol. The number of pyridine rings is 1. The fourth-order valence-electron chi connectivity index (χ4n) is 5.64. The molecule has 5 rings (SSSR count). The SMILES string of the molecule is CCc1cccnc1C(=O)N1CCN(c2c(CC)n(CC=O)c3nc(C4=CCN(CC(F)F)CC4)nn3c2=O)CC1. The van der Waals surface area contributed by atoms with Gasteiger partial charge < -0.3 is 19.2 Å². The van der Waals surface area contributed by atoms with E-state index >= 15 is 0 Å². The van der Waals surface area contributed by atoms with E-state index in [-0.39, 0.29) is 30.3 Å². The van der Waals surface area contributed by atoms with Gasteiger partial charge in [0.25, 0.3) is 17.9 Å². The second kappa shape index (κ2) is 12.2. The average molecular weight is 569 g/mol. The molecule has 0 radical (unpaired) electrons. The number of hydrogen-bond acceptors (Lipinski definition) is 8. The van der Waals surface area contributed by atoms with E-state index in [9.17, 15) is 23.2 Å². The van der Waals surface area contributed by atoms with Crippen molar-refractivity contribution >= 4 is 29.2 Å². The Morgan fingerprint density at radius 2 is 1.90 bits per heavy atom. The quantitative estimate of drug-likeness (QED) is 0.361. The van der Waals surface area contributed by atoms with Gasteiger partial charge in [0.15, 0.2) is 5.82 Å². The van der Waals surface area contributed by atoms with Crippen molar-refractivity contribution in [3.8, 4) is 0 Å². The minimum atomic E-state index is -2.40. The van der Waals surface area contributed by atoms with Crippen LogP contribution in [0.5, 0.6) is 0 Å². The highest BCUT2D eigenvalue weighted by molar-refractivity contribution is 5.94. The summed E-state index contributed by atoms with van der Waals surface area (Å²) in [6.45, 7) is 6.09. The normalized spacial score (nSPS) is 16.5. The zero-order valence-electron chi connectivity index (χ0n) is 23.3. The zero-order chi connectivity index (χ0) is 29.1. The lowest BCUT2D eigenvalue weighted by Gasteiger charge is -2.36. The van der Waals surface area contributed by atoms with Crippen molar-refractivity contribution in [2.75, 3.05) is 50.7 Å². The zero-order valence-corrected chi connectivity index (χ0v) is 23.3. The topological polar surface area (TPSA) is 109 Å². The molecule has 2 aliphatic rings. The molecule has 0 aromatic carbocycles. The van der Waals surface area contributed by atoms with Gasteiger partial charge in [-0.1, -0.05) is 26.0 Å². The number of alkyl halides is 2. The van der Waals surface area contributed by atoms with Crippen LogP contribution in [-0.4, -0.2) is 98.4 Å². The fourth-order valence-corrected chi connectivity index (χ4v) is 5.64. The summed E-state index contributed by atoms with van der Waals surface area (Å²) in [5, 5.41) is 4.52. The summed E-state index contributed by atoms with van der Waals surface area (Å²) in [6, 6.07) is 3.73. The molecule has 13 heteroatoms. The van der Waals surface area contributed by atoms with Gasteiger partial charge in [-0.3, -0.25) is 19.5 Å². The molecule has 0 unspecified atom stereocenters. The molecular formula is C28H34F2N8O3. The summed E-state index contributed by atoms with van der Waals surface area (Å²) in [7, 11) is 0. The Bertz CT molecular complexity index is 1520. The van der Waals surface area contributed by atoms with Crippen molar-refractivity contribution in [2.45, 2.75) is 46.1 Å². The highest BCUT2D eigenvalue weighted by Crippen LogP contribution is 2.24. The van der Waals surface area contributed by atoms with E-state index in [2.05, 4.69) is 15.1 Å². The summed E-state index contributed by atoms with van der Waals surface area (Å²) in [5.41, 5.74) is 2.91. The molecule has 0 spiro atoms. The van der Waals surface area contributed by atoms with E-state index in [1.54, 1.807) is 20.6 Å². The van der Waals surface area contributed by atoms with Crippen molar-refractivity contribution in [3.63, 3.8) is 0 Å². The molecule has 2 aliphatic heterocycles. The number of carbonyl (C=O) groups excluding carboxylic acids is 2. The molecule has 1 saturated heterocycles. The molecule has 5 heterocycles. The number of rotatable bonds is 9. The highest BCUT2D eigenvalue weighted by atomic mass is 19.3. The number of aryl methyl sites for hydroxylation is 1. The molecule has 1 amide bonds. The lowest BCUT2D eigenvalue weighted by atomic mass is 10.1. The molecule has 3 aromatic heterocycles. The number of nitrogens with zero attached hydrogens (tertiary/aromatic N) is 8. The molecule has 0 bridgehead atoms. The van der Waals surface area contributed by atoms with Crippen molar-refractivity contribution in [1.82, 2.24) is 33.9 Å². The highest BCUT2D eigenvalue weighted by Gasteiger charge is 2.29. The molecule has 11 nitrogen and oxygen atoms in total. The molecule has 218 valence electrons.